The number of rotatable bonds is 3. The first-order chi connectivity index (χ1) is 7.52. The van der Waals surface area contributed by atoms with Crippen molar-refractivity contribution in [2.45, 2.75) is 0 Å². The molecule has 1 aromatic carbocycles. The van der Waals surface area contributed by atoms with Gasteiger partial charge in [0.2, 0.25) is 0 Å². The molecule has 6 nitrogen and oxygen atoms in total. The zero-order chi connectivity index (χ0) is 12.3. The fraction of sp³-hybridized carbons (Fsp3) is 0.111. The molecular weight excluding hydrogens is 221 g/mol. The Morgan fingerprint density at radius 3 is 2.62 bits per heavy atom. The van der Waals surface area contributed by atoms with Gasteiger partial charge >= 0.3 is 5.97 Å². The van der Waals surface area contributed by atoms with Crippen LogP contribution in [0.1, 0.15) is 20.7 Å². The lowest BCUT2D eigenvalue weighted by Crippen LogP contribution is -2.10. The van der Waals surface area contributed by atoms with Gasteiger partial charge in [-0.05, 0) is 6.07 Å². The van der Waals surface area contributed by atoms with Gasteiger partial charge in [0.25, 0.3) is 5.69 Å². The molecule has 0 unspecified atom stereocenters. The number of methoxy groups -OCH3 is 1. The SMILES string of the molecule is COC(=O)c1c(F)ccc([N+](=O)[O-])c1C=O. The summed E-state index contributed by atoms with van der Waals surface area (Å²) in [5.41, 5.74) is -2.00. The van der Waals surface area contributed by atoms with Gasteiger partial charge in [-0.2, -0.15) is 0 Å². The molecule has 0 atom stereocenters. The largest absolute Gasteiger partial charge is 0.465 e. The van der Waals surface area contributed by atoms with E-state index in [9.17, 15) is 24.1 Å². The molecule has 0 aromatic heterocycles. The second kappa shape index (κ2) is 4.47. The summed E-state index contributed by atoms with van der Waals surface area (Å²) in [5.74, 6) is -2.18. The number of ether oxygens (including phenoxy) is 1. The number of hydrogen-bond acceptors (Lipinski definition) is 5. The first-order valence-corrected chi connectivity index (χ1v) is 4.03. The zero-order valence-electron chi connectivity index (χ0n) is 8.10. The van der Waals surface area contributed by atoms with E-state index in [2.05, 4.69) is 4.74 Å². The molecule has 0 radical (unpaired) electrons. The second-order valence-electron chi connectivity index (χ2n) is 2.72. The van der Waals surface area contributed by atoms with Crippen molar-refractivity contribution in [3.05, 3.63) is 39.2 Å². The number of carbonyl (C=O) groups is 2. The van der Waals surface area contributed by atoms with Gasteiger partial charge in [-0.15, -0.1) is 0 Å². The number of nitro benzene ring substituents is 1. The fourth-order valence-electron chi connectivity index (χ4n) is 1.17. The van der Waals surface area contributed by atoms with Gasteiger partial charge in [-0.25, -0.2) is 9.18 Å². The van der Waals surface area contributed by atoms with Crippen molar-refractivity contribution in [2.24, 2.45) is 0 Å². The van der Waals surface area contributed by atoms with Crippen molar-refractivity contribution in [1.29, 1.82) is 0 Å². The number of carbonyl (C=O) groups excluding carboxylic acids is 2. The van der Waals surface area contributed by atoms with Crippen molar-refractivity contribution in [3.8, 4) is 0 Å². The van der Waals surface area contributed by atoms with E-state index in [1.807, 2.05) is 0 Å². The minimum atomic E-state index is -1.14. The standard InChI is InChI=1S/C9H6FNO5/c1-16-9(13)8-5(4-12)7(11(14)15)3-2-6(8)10/h2-4H,1H3. The Labute approximate surface area is 88.8 Å². The van der Waals surface area contributed by atoms with E-state index in [1.165, 1.54) is 0 Å². The van der Waals surface area contributed by atoms with Crippen LogP contribution in [0.25, 0.3) is 0 Å². The Hall–Kier alpha value is -2.31. The summed E-state index contributed by atoms with van der Waals surface area (Å²) in [4.78, 5) is 31.4. The van der Waals surface area contributed by atoms with E-state index in [1.54, 1.807) is 0 Å². The molecule has 0 aliphatic heterocycles. The highest BCUT2D eigenvalue weighted by molar-refractivity contribution is 6.01. The molecule has 1 rings (SSSR count). The van der Waals surface area contributed by atoms with Crippen LogP contribution >= 0.6 is 0 Å². The Kier molecular flexibility index (Phi) is 3.29. The molecule has 84 valence electrons. The lowest BCUT2D eigenvalue weighted by Gasteiger charge is -2.04. The van der Waals surface area contributed by atoms with Crippen LogP contribution in [0.2, 0.25) is 0 Å². The highest BCUT2D eigenvalue weighted by Crippen LogP contribution is 2.23. The molecule has 7 heteroatoms. The number of halogens is 1. The number of benzene rings is 1. The summed E-state index contributed by atoms with van der Waals surface area (Å²) in [6, 6.07) is 1.54. The molecule has 1 aromatic rings. The van der Waals surface area contributed by atoms with Crippen LogP contribution in [0.15, 0.2) is 12.1 Å². The van der Waals surface area contributed by atoms with Crippen LogP contribution in [0.3, 0.4) is 0 Å². The van der Waals surface area contributed by atoms with E-state index in [0.717, 1.165) is 19.2 Å². The van der Waals surface area contributed by atoms with E-state index in [4.69, 9.17) is 0 Å². The lowest BCUT2D eigenvalue weighted by molar-refractivity contribution is -0.385. The molecule has 16 heavy (non-hydrogen) atoms. The Morgan fingerprint density at radius 1 is 1.56 bits per heavy atom. The molecule has 0 aliphatic rings. The van der Waals surface area contributed by atoms with Gasteiger partial charge in [-0.3, -0.25) is 14.9 Å². The predicted octanol–water partition coefficient (Wildman–Crippen LogP) is 1.33. The third kappa shape index (κ3) is 1.88. The summed E-state index contributed by atoms with van der Waals surface area (Å²) in [5, 5.41) is 10.5. The first-order valence-electron chi connectivity index (χ1n) is 4.03. The summed E-state index contributed by atoms with van der Waals surface area (Å²) >= 11 is 0. The number of hydrogen-bond donors (Lipinski definition) is 0. The minimum absolute atomic E-state index is 0.0491. The monoisotopic (exact) mass is 227 g/mol. The average Bonchev–Trinajstić information content (AvgIpc) is 2.26. The van der Waals surface area contributed by atoms with Gasteiger partial charge in [0.1, 0.15) is 16.9 Å². The number of esters is 1. The second-order valence-corrected chi connectivity index (χ2v) is 2.72. The van der Waals surface area contributed by atoms with E-state index in [-0.39, 0.29) is 6.29 Å². The summed E-state index contributed by atoms with van der Waals surface area (Å²) in [6.45, 7) is 0. The quantitative estimate of drug-likeness (QED) is 0.336. The van der Waals surface area contributed by atoms with Gasteiger partial charge < -0.3 is 4.74 Å². The maximum Gasteiger partial charge on any atom is 0.341 e. The van der Waals surface area contributed by atoms with E-state index in [0.29, 0.717) is 0 Å². The normalized spacial score (nSPS) is 9.62. The molecule has 0 heterocycles. The van der Waals surface area contributed by atoms with Crippen molar-refractivity contribution < 1.29 is 23.6 Å². The lowest BCUT2D eigenvalue weighted by atomic mass is 10.1. The van der Waals surface area contributed by atoms with Crippen LogP contribution in [-0.2, 0) is 4.74 Å². The van der Waals surface area contributed by atoms with Crippen molar-refractivity contribution in [1.82, 2.24) is 0 Å². The predicted molar refractivity (Wildman–Crippen MR) is 49.8 cm³/mol. The van der Waals surface area contributed by atoms with Crippen LogP contribution in [0, 0.1) is 15.9 Å². The van der Waals surface area contributed by atoms with E-state index < -0.39 is 33.5 Å². The molecule has 0 spiro atoms. The van der Waals surface area contributed by atoms with Crippen LogP contribution in [0.4, 0.5) is 10.1 Å². The van der Waals surface area contributed by atoms with Crippen molar-refractivity contribution >= 4 is 17.9 Å². The molecule has 0 amide bonds. The summed E-state index contributed by atoms with van der Waals surface area (Å²) in [6.07, 6.45) is 0.0491. The van der Waals surface area contributed by atoms with Crippen molar-refractivity contribution in [2.75, 3.05) is 7.11 Å². The average molecular weight is 227 g/mol. The molecular formula is C9H6FNO5. The molecule has 0 saturated carbocycles. The molecule has 0 saturated heterocycles. The molecule has 0 fully saturated rings. The Balaban J connectivity index is 3.56. The minimum Gasteiger partial charge on any atom is -0.465 e. The van der Waals surface area contributed by atoms with Crippen LogP contribution < -0.4 is 0 Å². The summed E-state index contributed by atoms with van der Waals surface area (Å²) in [7, 11) is 0.981. The third-order valence-corrected chi connectivity index (χ3v) is 1.88. The Bertz CT molecular complexity index is 471. The highest BCUT2D eigenvalue weighted by atomic mass is 19.1. The molecule has 0 N–H and O–H groups in total. The number of aldehydes is 1. The smallest absolute Gasteiger partial charge is 0.341 e. The zero-order valence-corrected chi connectivity index (χ0v) is 8.10. The van der Waals surface area contributed by atoms with Gasteiger partial charge in [0.15, 0.2) is 6.29 Å². The Morgan fingerprint density at radius 2 is 2.19 bits per heavy atom. The topological polar surface area (TPSA) is 86.5 Å². The first kappa shape index (κ1) is 11.8. The van der Waals surface area contributed by atoms with E-state index >= 15 is 0 Å². The van der Waals surface area contributed by atoms with Crippen molar-refractivity contribution in [3.63, 3.8) is 0 Å². The van der Waals surface area contributed by atoms with Crippen LogP contribution in [-0.4, -0.2) is 24.3 Å². The number of nitro groups is 1. The highest BCUT2D eigenvalue weighted by Gasteiger charge is 2.25. The maximum absolute atomic E-state index is 13.2. The van der Waals surface area contributed by atoms with Crippen LogP contribution in [0.5, 0.6) is 0 Å². The number of nitrogens with zero attached hydrogens (tertiary/aromatic N) is 1. The maximum atomic E-state index is 13.2. The summed E-state index contributed by atoms with van der Waals surface area (Å²) < 4.78 is 17.5. The van der Waals surface area contributed by atoms with Gasteiger partial charge in [-0.1, -0.05) is 0 Å². The van der Waals surface area contributed by atoms with Gasteiger partial charge in [0.05, 0.1) is 12.0 Å². The third-order valence-electron chi connectivity index (χ3n) is 1.88. The molecule has 0 aliphatic carbocycles. The molecule has 0 bridgehead atoms. The van der Waals surface area contributed by atoms with Gasteiger partial charge in [0, 0.05) is 6.07 Å². The fourth-order valence-corrected chi connectivity index (χ4v) is 1.17.